The summed E-state index contributed by atoms with van der Waals surface area (Å²) >= 11 is 2.30. The maximum atomic E-state index is 5.26. The lowest BCUT2D eigenvalue weighted by molar-refractivity contribution is 0.118. The molecule has 72 valence electrons. The molecule has 0 fully saturated rings. The van der Waals surface area contributed by atoms with Crippen molar-refractivity contribution in [2.75, 3.05) is 14.2 Å². The first kappa shape index (κ1) is 10.8. The maximum Gasteiger partial charge on any atom is 0.119 e. The van der Waals surface area contributed by atoms with Gasteiger partial charge in [-0.1, -0.05) is 0 Å². The van der Waals surface area contributed by atoms with Crippen LogP contribution in [0.1, 0.15) is 18.6 Å². The molecule has 0 amide bonds. The number of methoxy groups -OCH3 is 2. The van der Waals surface area contributed by atoms with Gasteiger partial charge in [0.1, 0.15) is 5.75 Å². The van der Waals surface area contributed by atoms with Crippen LogP contribution >= 0.6 is 22.6 Å². The second kappa shape index (κ2) is 4.81. The minimum Gasteiger partial charge on any atom is -0.497 e. The lowest BCUT2D eigenvalue weighted by Gasteiger charge is -2.13. The van der Waals surface area contributed by atoms with E-state index in [9.17, 15) is 0 Å². The Hall–Kier alpha value is -0.290. The molecule has 0 N–H and O–H groups in total. The summed E-state index contributed by atoms with van der Waals surface area (Å²) in [4.78, 5) is 0. The van der Waals surface area contributed by atoms with Gasteiger partial charge < -0.3 is 9.47 Å². The Kier molecular flexibility index (Phi) is 3.99. The number of benzene rings is 1. The molecule has 0 saturated carbocycles. The Morgan fingerprint density at radius 2 is 2.00 bits per heavy atom. The molecular formula is C10H13IO2. The minimum atomic E-state index is 0.113. The number of rotatable bonds is 3. The third-order valence-electron chi connectivity index (χ3n) is 1.99. The predicted octanol–water partition coefficient (Wildman–Crippen LogP) is 3.01. The molecule has 1 rings (SSSR count). The summed E-state index contributed by atoms with van der Waals surface area (Å²) < 4.78 is 11.6. The standard InChI is InChI=1S/C10H13IO2/c1-7(12-2)9-6-8(13-3)4-5-10(9)11/h4-7H,1-3H3/t7-/m0/s1. The minimum absolute atomic E-state index is 0.113. The van der Waals surface area contributed by atoms with E-state index in [2.05, 4.69) is 22.6 Å². The largest absolute Gasteiger partial charge is 0.497 e. The van der Waals surface area contributed by atoms with Gasteiger partial charge in [-0.15, -0.1) is 0 Å². The summed E-state index contributed by atoms with van der Waals surface area (Å²) in [5, 5.41) is 0. The molecule has 0 spiro atoms. The number of hydrogen-bond donors (Lipinski definition) is 0. The van der Waals surface area contributed by atoms with Crippen LogP contribution in [0.5, 0.6) is 5.75 Å². The van der Waals surface area contributed by atoms with E-state index in [-0.39, 0.29) is 6.10 Å². The quantitative estimate of drug-likeness (QED) is 0.797. The molecule has 0 aliphatic heterocycles. The topological polar surface area (TPSA) is 18.5 Å². The molecule has 2 nitrogen and oxygen atoms in total. The van der Waals surface area contributed by atoms with Gasteiger partial charge in [0, 0.05) is 10.7 Å². The highest BCUT2D eigenvalue weighted by molar-refractivity contribution is 14.1. The van der Waals surface area contributed by atoms with Gasteiger partial charge in [-0.3, -0.25) is 0 Å². The van der Waals surface area contributed by atoms with Crippen molar-refractivity contribution in [3.63, 3.8) is 0 Å². The first-order chi connectivity index (χ1) is 6.19. The molecule has 1 aromatic carbocycles. The first-order valence-electron chi connectivity index (χ1n) is 4.05. The van der Waals surface area contributed by atoms with Gasteiger partial charge >= 0.3 is 0 Å². The molecule has 0 unspecified atom stereocenters. The highest BCUT2D eigenvalue weighted by Gasteiger charge is 2.08. The van der Waals surface area contributed by atoms with E-state index in [4.69, 9.17) is 9.47 Å². The van der Waals surface area contributed by atoms with Crippen LogP contribution in [0.3, 0.4) is 0 Å². The van der Waals surface area contributed by atoms with Crippen molar-refractivity contribution in [3.8, 4) is 5.75 Å². The Balaban J connectivity index is 3.03. The molecule has 0 aromatic heterocycles. The fraction of sp³-hybridized carbons (Fsp3) is 0.400. The van der Waals surface area contributed by atoms with Crippen LogP contribution in [0, 0.1) is 3.57 Å². The zero-order valence-corrected chi connectivity index (χ0v) is 10.2. The van der Waals surface area contributed by atoms with Gasteiger partial charge in [0.05, 0.1) is 13.2 Å². The van der Waals surface area contributed by atoms with E-state index in [1.807, 2.05) is 25.1 Å². The van der Waals surface area contributed by atoms with Gasteiger partial charge in [0.15, 0.2) is 0 Å². The molecule has 0 saturated heterocycles. The van der Waals surface area contributed by atoms with Crippen molar-refractivity contribution >= 4 is 22.6 Å². The third kappa shape index (κ3) is 2.57. The Morgan fingerprint density at radius 1 is 1.31 bits per heavy atom. The molecule has 1 aromatic rings. The third-order valence-corrected chi connectivity index (χ3v) is 2.98. The lowest BCUT2D eigenvalue weighted by atomic mass is 10.1. The summed E-state index contributed by atoms with van der Waals surface area (Å²) in [7, 11) is 3.38. The highest BCUT2D eigenvalue weighted by atomic mass is 127. The van der Waals surface area contributed by atoms with E-state index in [0.29, 0.717) is 0 Å². The number of ether oxygens (including phenoxy) is 2. The first-order valence-corrected chi connectivity index (χ1v) is 5.13. The van der Waals surface area contributed by atoms with Crippen LogP contribution in [0.25, 0.3) is 0 Å². The van der Waals surface area contributed by atoms with E-state index in [0.717, 1.165) is 5.75 Å². The monoisotopic (exact) mass is 292 g/mol. The number of halogens is 1. The van der Waals surface area contributed by atoms with Crippen LogP contribution in [0.15, 0.2) is 18.2 Å². The molecule has 3 heteroatoms. The zero-order valence-electron chi connectivity index (χ0n) is 8.00. The SMILES string of the molecule is COc1ccc(I)c([C@H](C)OC)c1. The Bertz CT molecular complexity index is 286. The van der Waals surface area contributed by atoms with E-state index in [1.54, 1.807) is 14.2 Å². The molecule has 1 atom stereocenters. The van der Waals surface area contributed by atoms with Gasteiger partial charge in [0.2, 0.25) is 0 Å². The molecule has 0 heterocycles. The van der Waals surface area contributed by atoms with Crippen LogP contribution in [-0.2, 0) is 4.74 Å². The molecule has 0 aliphatic carbocycles. The lowest BCUT2D eigenvalue weighted by Crippen LogP contribution is -1.99. The van der Waals surface area contributed by atoms with Crippen molar-refractivity contribution in [2.45, 2.75) is 13.0 Å². The van der Waals surface area contributed by atoms with Gasteiger partial charge in [-0.05, 0) is 53.3 Å². The summed E-state index contributed by atoms with van der Waals surface area (Å²) in [6.07, 6.45) is 0.113. The van der Waals surface area contributed by atoms with E-state index >= 15 is 0 Å². The van der Waals surface area contributed by atoms with Gasteiger partial charge in [-0.25, -0.2) is 0 Å². The fourth-order valence-corrected chi connectivity index (χ4v) is 1.86. The van der Waals surface area contributed by atoms with Crippen molar-refractivity contribution in [1.82, 2.24) is 0 Å². The van der Waals surface area contributed by atoms with E-state index in [1.165, 1.54) is 9.13 Å². The second-order valence-electron chi connectivity index (χ2n) is 2.77. The van der Waals surface area contributed by atoms with Crippen molar-refractivity contribution in [3.05, 3.63) is 27.3 Å². The summed E-state index contributed by atoms with van der Waals surface area (Å²) in [5.74, 6) is 0.874. The summed E-state index contributed by atoms with van der Waals surface area (Å²) in [5.41, 5.74) is 1.17. The Morgan fingerprint density at radius 3 is 2.54 bits per heavy atom. The van der Waals surface area contributed by atoms with Crippen LogP contribution in [0.2, 0.25) is 0 Å². The summed E-state index contributed by atoms with van der Waals surface area (Å²) in [6, 6.07) is 5.99. The normalized spacial score (nSPS) is 12.6. The van der Waals surface area contributed by atoms with E-state index < -0.39 is 0 Å². The fourth-order valence-electron chi connectivity index (χ4n) is 1.09. The zero-order chi connectivity index (χ0) is 9.84. The molecule has 0 radical (unpaired) electrons. The van der Waals surface area contributed by atoms with Crippen molar-refractivity contribution < 1.29 is 9.47 Å². The smallest absolute Gasteiger partial charge is 0.119 e. The second-order valence-corrected chi connectivity index (χ2v) is 3.93. The van der Waals surface area contributed by atoms with Gasteiger partial charge in [-0.2, -0.15) is 0 Å². The highest BCUT2D eigenvalue weighted by Crippen LogP contribution is 2.26. The van der Waals surface area contributed by atoms with Crippen molar-refractivity contribution in [2.24, 2.45) is 0 Å². The molecular weight excluding hydrogens is 279 g/mol. The average Bonchev–Trinajstić information content (AvgIpc) is 2.17. The number of hydrogen-bond acceptors (Lipinski definition) is 2. The van der Waals surface area contributed by atoms with Crippen LogP contribution in [0.4, 0.5) is 0 Å². The summed E-state index contributed by atoms with van der Waals surface area (Å²) in [6.45, 7) is 2.02. The Labute approximate surface area is 92.4 Å². The predicted molar refractivity (Wildman–Crippen MR) is 61.1 cm³/mol. The maximum absolute atomic E-state index is 5.26. The van der Waals surface area contributed by atoms with Crippen LogP contribution in [-0.4, -0.2) is 14.2 Å². The molecule has 0 bridgehead atoms. The molecule has 0 aliphatic rings. The van der Waals surface area contributed by atoms with Crippen LogP contribution < -0.4 is 4.74 Å². The average molecular weight is 292 g/mol. The van der Waals surface area contributed by atoms with Gasteiger partial charge in [0.25, 0.3) is 0 Å². The molecule has 13 heavy (non-hydrogen) atoms. The van der Waals surface area contributed by atoms with Crippen molar-refractivity contribution in [1.29, 1.82) is 0 Å².